The van der Waals surface area contributed by atoms with E-state index in [2.05, 4.69) is 10.0 Å². The van der Waals surface area contributed by atoms with Crippen molar-refractivity contribution in [2.75, 3.05) is 12.4 Å². The molecular formula is C9H12N2OS. The van der Waals surface area contributed by atoms with E-state index in [0.29, 0.717) is 0 Å². The minimum absolute atomic E-state index is 0.0392. The first-order chi connectivity index (χ1) is 6.22. The first-order valence-corrected chi connectivity index (χ1v) is 4.75. The van der Waals surface area contributed by atoms with Gasteiger partial charge in [0.25, 0.3) is 0 Å². The summed E-state index contributed by atoms with van der Waals surface area (Å²) in [5.74, 6) is -0.0392. The van der Waals surface area contributed by atoms with Crippen LogP contribution in [0.2, 0.25) is 0 Å². The normalized spacial score (nSPS) is 9.38. The van der Waals surface area contributed by atoms with Crippen LogP contribution in [0.15, 0.2) is 29.2 Å². The molecule has 0 spiro atoms. The van der Waals surface area contributed by atoms with E-state index in [1.807, 2.05) is 31.3 Å². The summed E-state index contributed by atoms with van der Waals surface area (Å²) in [6.07, 6.45) is 0. The molecule has 1 aromatic rings. The number of carbonyl (C=O) groups is 1. The van der Waals surface area contributed by atoms with E-state index >= 15 is 0 Å². The lowest BCUT2D eigenvalue weighted by Crippen LogP contribution is -2.09. The molecule has 1 rings (SSSR count). The van der Waals surface area contributed by atoms with E-state index < -0.39 is 0 Å². The van der Waals surface area contributed by atoms with Gasteiger partial charge in [0, 0.05) is 24.6 Å². The first kappa shape index (κ1) is 9.92. The topological polar surface area (TPSA) is 41.1 Å². The molecular weight excluding hydrogens is 184 g/mol. The Morgan fingerprint density at radius 2 is 1.92 bits per heavy atom. The molecule has 0 aliphatic heterocycles. The SMILES string of the molecule is CNc1ccc(SNC(C)=O)cc1. The van der Waals surface area contributed by atoms with Crippen molar-refractivity contribution in [3.05, 3.63) is 24.3 Å². The summed E-state index contributed by atoms with van der Waals surface area (Å²) in [7, 11) is 1.87. The van der Waals surface area contributed by atoms with Crippen LogP contribution in [0.5, 0.6) is 0 Å². The van der Waals surface area contributed by atoms with Crippen LogP contribution in [0.25, 0.3) is 0 Å². The van der Waals surface area contributed by atoms with Crippen molar-refractivity contribution < 1.29 is 4.79 Å². The molecule has 0 aliphatic rings. The van der Waals surface area contributed by atoms with Crippen LogP contribution in [-0.4, -0.2) is 13.0 Å². The molecule has 2 N–H and O–H groups in total. The Morgan fingerprint density at radius 3 is 2.38 bits per heavy atom. The maximum absolute atomic E-state index is 10.6. The maximum atomic E-state index is 10.6. The van der Waals surface area contributed by atoms with Gasteiger partial charge in [0.15, 0.2) is 0 Å². The molecule has 0 aromatic heterocycles. The molecule has 1 amide bonds. The minimum Gasteiger partial charge on any atom is -0.388 e. The number of rotatable bonds is 3. The summed E-state index contributed by atoms with van der Waals surface area (Å²) >= 11 is 1.32. The standard InChI is InChI=1S/C9H12N2OS/c1-7(12)11-13-9-5-3-8(10-2)4-6-9/h3-6,10H,1-2H3,(H,11,12). The largest absolute Gasteiger partial charge is 0.388 e. The van der Waals surface area contributed by atoms with Crippen molar-refractivity contribution in [3.8, 4) is 0 Å². The molecule has 0 radical (unpaired) electrons. The Hall–Kier alpha value is -1.16. The molecule has 0 bridgehead atoms. The molecule has 0 fully saturated rings. The highest BCUT2D eigenvalue weighted by Crippen LogP contribution is 2.16. The van der Waals surface area contributed by atoms with Gasteiger partial charge >= 0.3 is 0 Å². The zero-order valence-electron chi connectivity index (χ0n) is 7.63. The van der Waals surface area contributed by atoms with E-state index in [1.54, 1.807) is 0 Å². The van der Waals surface area contributed by atoms with Crippen LogP contribution in [0.3, 0.4) is 0 Å². The summed E-state index contributed by atoms with van der Waals surface area (Å²) in [6.45, 7) is 1.50. The number of carbonyl (C=O) groups excluding carboxylic acids is 1. The van der Waals surface area contributed by atoms with Crippen LogP contribution < -0.4 is 10.0 Å². The molecule has 70 valence electrons. The number of hydrogen-bond donors (Lipinski definition) is 2. The number of benzene rings is 1. The molecule has 1 aromatic carbocycles. The summed E-state index contributed by atoms with van der Waals surface area (Å²) in [4.78, 5) is 11.6. The second kappa shape index (κ2) is 4.77. The van der Waals surface area contributed by atoms with Crippen molar-refractivity contribution in [1.82, 2.24) is 4.72 Å². The van der Waals surface area contributed by atoms with Gasteiger partial charge in [0.1, 0.15) is 0 Å². The van der Waals surface area contributed by atoms with Gasteiger partial charge in [-0.15, -0.1) is 0 Å². The highest BCUT2D eigenvalue weighted by Gasteiger charge is 1.95. The van der Waals surface area contributed by atoms with Gasteiger partial charge in [-0.05, 0) is 36.2 Å². The van der Waals surface area contributed by atoms with Gasteiger partial charge in [-0.2, -0.15) is 0 Å². The lowest BCUT2D eigenvalue weighted by atomic mass is 10.3. The molecule has 4 heteroatoms. The van der Waals surface area contributed by atoms with E-state index in [4.69, 9.17) is 0 Å². The van der Waals surface area contributed by atoms with Crippen molar-refractivity contribution >= 4 is 23.5 Å². The molecule has 0 heterocycles. The van der Waals surface area contributed by atoms with Gasteiger partial charge < -0.3 is 5.32 Å². The quantitative estimate of drug-likeness (QED) is 0.725. The average molecular weight is 196 g/mol. The van der Waals surface area contributed by atoms with E-state index in [-0.39, 0.29) is 5.91 Å². The van der Waals surface area contributed by atoms with Crippen molar-refractivity contribution in [2.45, 2.75) is 11.8 Å². The van der Waals surface area contributed by atoms with Crippen LogP contribution in [0.4, 0.5) is 5.69 Å². The molecule has 0 atom stereocenters. The fourth-order valence-corrected chi connectivity index (χ4v) is 1.35. The summed E-state index contributed by atoms with van der Waals surface area (Å²) in [5.41, 5.74) is 1.06. The Balaban J connectivity index is 2.54. The highest BCUT2D eigenvalue weighted by atomic mass is 32.2. The van der Waals surface area contributed by atoms with Crippen molar-refractivity contribution in [3.63, 3.8) is 0 Å². The third kappa shape index (κ3) is 3.38. The smallest absolute Gasteiger partial charge is 0.226 e. The number of anilines is 1. The molecule has 0 saturated carbocycles. The average Bonchev–Trinajstić information content (AvgIpc) is 2.15. The molecule has 13 heavy (non-hydrogen) atoms. The molecule has 0 unspecified atom stereocenters. The van der Waals surface area contributed by atoms with Gasteiger partial charge in [-0.3, -0.25) is 9.52 Å². The molecule has 0 aliphatic carbocycles. The summed E-state index contributed by atoms with van der Waals surface area (Å²) < 4.78 is 2.66. The summed E-state index contributed by atoms with van der Waals surface area (Å²) in [5, 5.41) is 3.02. The van der Waals surface area contributed by atoms with Crippen LogP contribution in [0.1, 0.15) is 6.92 Å². The predicted molar refractivity (Wildman–Crippen MR) is 55.7 cm³/mol. The fraction of sp³-hybridized carbons (Fsp3) is 0.222. The van der Waals surface area contributed by atoms with Gasteiger partial charge in [0.05, 0.1) is 0 Å². The number of nitrogens with one attached hydrogen (secondary N) is 2. The molecule has 0 saturated heterocycles. The second-order valence-corrected chi connectivity index (χ2v) is 3.41. The fourth-order valence-electron chi connectivity index (χ4n) is 0.820. The van der Waals surface area contributed by atoms with Crippen LogP contribution >= 0.6 is 11.9 Å². The Labute approximate surface area is 82.0 Å². The van der Waals surface area contributed by atoms with Crippen molar-refractivity contribution in [2.24, 2.45) is 0 Å². The Kier molecular flexibility index (Phi) is 3.64. The van der Waals surface area contributed by atoms with E-state index in [9.17, 15) is 4.79 Å². The maximum Gasteiger partial charge on any atom is 0.226 e. The van der Waals surface area contributed by atoms with E-state index in [0.717, 1.165) is 10.6 Å². The number of hydrogen-bond acceptors (Lipinski definition) is 3. The highest BCUT2D eigenvalue weighted by molar-refractivity contribution is 7.98. The monoisotopic (exact) mass is 196 g/mol. The Bertz CT molecular complexity index is 284. The zero-order valence-corrected chi connectivity index (χ0v) is 8.44. The predicted octanol–water partition coefficient (Wildman–Crippen LogP) is 1.87. The van der Waals surface area contributed by atoms with Gasteiger partial charge in [-0.1, -0.05) is 0 Å². The lowest BCUT2D eigenvalue weighted by molar-refractivity contribution is -0.117. The van der Waals surface area contributed by atoms with E-state index in [1.165, 1.54) is 18.9 Å². The molecule has 3 nitrogen and oxygen atoms in total. The first-order valence-electron chi connectivity index (χ1n) is 3.93. The lowest BCUT2D eigenvalue weighted by Gasteiger charge is -2.02. The zero-order chi connectivity index (χ0) is 9.68. The second-order valence-electron chi connectivity index (χ2n) is 2.53. The van der Waals surface area contributed by atoms with Crippen molar-refractivity contribution in [1.29, 1.82) is 0 Å². The third-order valence-corrected chi connectivity index (χ3v) is 2.35. The van der Waals surface area contributed by atoms with Gasteiger partial charge in [-0.25, -0.2) is 0 Å². The van der Waals surface area contributed by atoms with Gasteiger partial charge in [0.2, 0.25) is 5.91 Å². The number of amides is 1. The van der Waals surface area contributed by atoms with Crippen LogP contribution in [0, 0.1) is 0 Å². The Morgan fingerprint density at radius 1 is 1.31 bits per heavy atom. The third-order valence-electron chi connectivity index (χ3n) is 1.46. The van der Waals surface area contributed by atoms with Crippen LogP contribution in [-0.2, 0) is 4.79 Å². The minimum atomic E-state index is -0.0392. The summed E-state index contributed by atoms with van der Waals surface area (Å²) in [6, 6.07) is 7.83.